The molecular weight excluding hydrogens is 176 g/mol. The minimum Gasteiger partial charge on any atom is -0.356 e. The van der Waals surface area contributed by atoms with Crippen LogP contribution in [0.4, 0.5) is 0 Å². The fourth-order valence-electron chi connectivity index (χ4n) is 1.59. The summed E-state index contributed by atoms with van der Waals surface area (Å²) in [6.45, 7) is 0.729. The maximum Gasteiger partial charge on any atom is 0.220 e. The van der Waals surface area contributed by atoms with Crippen molar-refractivity contribution in [2.75, 3.05) is 6.54 Å². The lowest BCUT2D eigenvalue weighted by atomic mass is 9.83. The zero-order valence-corrected chi connectivity index (χ0v) is 8.59. The predicted octanol–water partition coefficient (Wildman–Crippen LogP) is 1.99. The molecular formula is C11H18N2O. The molecule has 1 rings (SSSR count). The Balaban J connectivity index is 1.90. The van der Waals surface area contributed by atoms with Gasteiger partial charge in [0.25, 0.3) is 0 Å². The molecule has 78 valence electrons. The molecule has 1 fully saturated rings. The van der Waals surface area contributed by atoms with E-state index in [2.05, 4.69) is 11.4 Å². The number of rotatable bonds is 6. The number of unbranched alkanes of at least 4 members (excludes halogenated alkanes) is 2. The second-order valence-corrected chi connectivity index (χ2v) is 3.97. The molecule has 0 aromatic heterocycles. The number of nitriles is 1. The Morgan fingerprint density at radius 1 is 1.43 bits per heavy atom. The van der Waals surface area contributed by atoms with E-state index in [1.54, 1.807) is 0 Å². The first-order valence-electron chi connectivity index (χ1n) is 5.46. The van der Waals surface area contributed by atoms with Gasteiger partial charge in [0.2, 0.25) is 5.91 Å². The van der Waals surface area contributed by atoms with E-state index in [-0.39, 0.29) is 5.91 Å². The maximum absolute atomic E-state index is 11.3. The Kier molecular flexibility index (Phi) is 5.06. The van der Waals surface area contributed by atoms with Crippen molar-refractivity contribution >= 4 is 5.91 Å². The SMILES string of the molecule is N#CCCCCNC(=O)CC1CCC1. The maximum atomic E-state index is 11.3. The normalized spacial score (nSPS) is 15.6. The van der Waals surface area contributed by atoms with Crippen molar-refractivity contribution in [3.8, 4) is 6.07 Å². The van der Waals surface area contributed by atoms with E-state index in [9.17, 15) is 4.79 Å². The van der Waals surface area contributed by atoms with Crippen molar-refractivity contribution in [3.05, 3.63) is 0 Å². The van der Waals surface area contributed by atoms with Crippen molar-refractivity contribution in [1.82, 2.24) is 5.32 Å². The van der Waals surface area contributed by atoms with Crippen LogP contribution >= 0.6 is 0 Å². The van der Waals surface area contributed by atoms with E-state index in [1.165, 1.54) is 19.3 Å². The molecule has 3 heteroatoms. The first-order chi connectivity index (χ1) is 6.83. The van der Waals surface area contributed by atoms with E-state index in [0.29, 0.717) is 18.8 Å². The minimum atomic E-state index is 0.187. The summed E-state index contributed by atoms with van der Waals surface area (Å²) in [6.07, 6.45) is 6.85. The van der Waals surface area contributed by atoms with Gasteiger partial charge in [0.15, 0.2) is 0 Å². The van der Waals surface area contributed by atoms with Crippen molar-refractivity contribution in [2.24, 2.45) is 5.92 Å². The lowest BCUT2D eigenvalue weighted by molar-refractivity contribution is -0.122. The van der Waals surface area contributed by atoms with Crippen LogP contribution in [0.25, 0.3) is 0 Å². The van der Waals surface area contributed by atoms with Gasteiger partial charge in [0.1, 0.15) is 0 Å². The molecule has 14 heavy (non-hydrogen) atoms. The minimum absolute atomic E-state index is 0.187. The number of nitrogens with zero attached hydrogens (tertiary/aromatic N) is 1. The van der Waals surface area contributed by atoms with Gasteiger partial charge in [-0.05, 0) is 31.6 Å². The smallest absolute Gasteiger partial charge is 0.220 e. The van der Waals surface area contributed by atoms with E-state index < -0.39 is 0 Å². The number of carbonyl (C=O) groups excluding carboxylic acids is 1. The fourth-order valence-corrected chi connectivity index (χ4v) is 1.59. The molecule has 3 nitrogen and oxygen atoms in total. The number of amides is 1. The molecule has 0 spiro atoms. The third-order valence-corrected chi connectivity index (χ3v) is 2.74. The highest BCUT2D eigenvalue weighted by molar-refractivity contribution is 5.76. The standard InChI is InChI=1S/C11H18N2O/c12-7-2-1-3-8-13-11(14)9-10-5-4-6-10/h10H,1-6,8-9H2,(H,13,14). The van der Waals surface area contributed by atoms with Crippen LogP contribution in [-0.4, -0.2) is 12.5 Å². The molecule has 1 aliphatic carbocycles. The summed E-state index contributed by atoms with van der Waals surface area (Å²) in [5, 5.41) is 11.2. The molecule has 0 aliphatic heterocycles. The number of hydrogen-bond acceptors (Lipinski definition) is 2. The summed E-state index contributed by atoms with van der Waals surface area (Å²) in [5.41, 5.74) is 0. The Morgan fingerprint density at radius 3 is 2.79 bits per heavy atom. The van der Waals surface area contributed by atoms with Gasteiger partial charge >= 0.3 is 0 Å². The Morgan fingerprint density at radius 2 is 2.21 bits per heavy atom. The molecule has 0 unspecified atom stereocenters. The molecule has 0 atom stereocenters. The highest BCUT2D eigenvalue weighted by Gasteiger charge is 2.19. The fraction of sp³-hybridized carbons (Fsp3) is 0.818. The lowest BCUT2D eigenvalue weighted by Gasteiger charge is -2.24. The van der Waals surface area contributed by atoms with E-state index >= 15 is 0 Å². The van der Waals surface area contributed by atoms with E-state index in [0.717, 1.165) is 19.4 Å². The molecule has 0 bridgehead atoms. The van der Waals surface area contributed by atoms with Gasteiger partial charge in [-0.15, -0.1) is 0 Å². The van der Waals surface area contributed by atoms with Crippen molar-refractivity contribution in [2.45, 2.75) is 44.9 Å². The van der Waals surface area contributed by atoms with Gasteiger partial charge in [-0.2, -0.15) is 5.26 Å². The third-order valence-electron chi connectivity index (χ3n) is 2.74. The second-order valence-electron chi connectivity index (χ2n) is 3.97. The first kappa shape index (κ1) is 11.0. The van der Waals surface area contributed by atoms with Crippen LogP contribution in [0.5, 0.6) is 0 Å². The van der Waals surface area contributed by atoms with Crippen molar-refractivity contribution in [3.63, 3.8) is 0 Å². The molecule has 1 saturated carbocycles. The average molecular weight is 194 g/mol. The average Bonchev–Trinajstić information content (AvgIpc) is 2.11. The molecule has 1 N–H and O–H groups in total. The number of hydrogen-bond donors (Lipinski definition) is 1. The van der Waals surface area contributed by atoms with Gasteiger partial charge in [-0.3, -0.25) is 4.79 Å². The van der Waals surface area contributed by atoms with Crippen LogP contribution in [0.1, 0.15) is 44.9 Å². The van der Waals surface area contributed by atoms with Crippen LogP contribution in [-0.2, 0) is 4.79 Å². The van der Waals surface area contributed by atoms with Gasteiger partial charge in [-0.25, -0.2) is 0 Å². The van der Waals surface area contributed by atoms with E-state index in [4.69, 9.17) is 5.26 Å². The van der Waals surface area contributed by atoms with Crippen molar-refractivity contribution in [1.29, 1.82) is 5.26 Å². The number of carbonyl (C=O) groups is 1. The summed E-state index contributed by atoms with van der Waals surface area (Å²) in [4.78, 5) is 11.3. The molecule has 0 saturated heterocycles. The quantitative estimate of drug-likeness (QED) is 0.657. The summed E-state index contributed by atoms with van der Waals surface area (Å²) in [7, 11) is 0. The molecule has 0 aromatic carbocycles. The Labute approximate surface area is 85.5 Å². The summed E-state index contributed by atoms with van der Waals surface area (Å²) in [5.74, 6) is 0.834. The zero-order valence-electron chi connectivity index (χ0n) is 8.59. The molecule has 0 radical (unpaired) electrons. The van der Waals surface area contributed by atoms with E-state index in [1.807, 2.05) is 0 Å². The summed E-state index contributed by atoms with van der Waals surface area (Å²) >= 11 is 0. The summed E-state index contributed by atoms with van der Waals surface area (Å²) < 4.78 is 0. The van der Waals surface area contributed by atoms with Gasteiger partial charge < -0.3 is 5.32 Å². The monoisotopic (exact) mass is 194 g/mol. The zero-order chi connectivity index (χ0) is 10.2. The van der Waals surface area contributed by atoms with Gasteiger partial charge in [0, 0.05) is 19.4 Å². The van der Waals surface area contributed by atoms with Crippen LogP contribution in [0, 0.1) is 17.2 Å². The van der Waals surface area contributed by atoms with Crippen LogP contribution in [0.2, 0.25) is 0 Å². The molecule has 0 heterocycles. The topological polar surface area (TPSA) is 52.9 Å². The van der Waals surface area contributed by atoms with Crippen LogP contribution in [0.15, 0.2) is 0 Å². The molecule has 1 aliphatic rings. The highest BCUT2D eigenvalue weighted by atomic mass is 16.1. The van der Waals surface area contributed by atoms with Gasteiger partial charge in [-0.1, -0.05) is 6.42 Å². The highest BCUT2D eigenvalue weighted by Crippen LogP contribution is 2.28. The first-order valence-corrected chi connectivity index (χ1v) is 5.46. The number of nitrogens with one attached hydrogen (secondary N) is 1. The van der Waals surface area contributed by atoms with Crippen molar-refractivity contribution < 1.29 is 4.79 Å². The van der Waals surface area contributed by atoms with Gasteiger partial charge in [0.05, 0.1) is 6.07 Å². The molecule has 1 amide bonds. The second kappa shape index (κ2) is 6.42. The lowest BCUT2D eigenvalue weighted by Crippen LogP contribution is -2.28. The third kappa shape index (κ3) is 4.27. The van der Waals surface area contributed by atoms with Crippen LogP contribution in [0.3, 0.4) is 0 Å². The predicted molar refractivity (Wildman–Crippen MR) is 54.4 cm³/mol. The molecule has 0 aromatic rings. The Hall–Kier alpha value is -1.04. The Bertz CT molecular complexity index is 216. The summed E-state index contributed by atoms with van der Waals surface area (Å²) in [6, 6.07) is 2.09. The van der Waals surface area contributed by atoms with Crippen LogP contribution < -0.4 is 5.32 Å². The largest absolute Gasteiger partial charge is 0.356 e.